The quantitative estimate of drug-likeness (QED) is 0.811. The average molecular weight is 228 g/mol. The Bertz CT molecular complexity index is 291. The van der Waals surface area contributed by atoms with Crippen LogP contribution in [0.25, 0.3) is 0 Å². The monoisotopic (exact) mass is 227 g/mol. The number of hydrogen-bond acceptors (Lipinski definition) is 2. The molecule has 15 heavy (non-hydrogen) atoms. The molecule has 1 aromatic carbocycles. The van der Waals surface area contributed by atoms with Crippen molar-refractivity contribution in [3.63, 3.8) is 0 Å². The summed E-state index contributed by atoms with van der Waals surface area (Å²) >= 11 is 5.91. The molecule has 0 saturated carbocycles. The van der Waals surface area contributed by atoms with Crippen molar-refractivity contribution in [1.82, 2.24) is 0 Å². The van der Waals surface area contributed by atoms with E-state index in [1.807, 2.05) is 25.1 Å². The lowest BCUT2D eigenvalue weighted by Crippen LogP contribution is -2.22. The van der Waals surface area contributed by atoms with Gasteiger partial charge in [0.05, 0.1) is 6.61 Å². The van der Waals surface area contributed by atoms with E-state index in [1.165, 1.54) is 5.56 Å². The molecule has 0 saturated heterocycles. The summed E-state index contributed by atoms with van der Waals surface area (Å²) in [6, 6.07) is 7.90. The van der Waals surface area contributed by atoms with E-state index in [0.29, 0.717) is 12.5 Å². The van der Waals surface area contributed by atoms with Gasteiger partial charge >= 0.3 is 0 Å². The zero-order valence-electron chi connectivity index (χ0n) is 9.08. The van der Waals surface area contributed by atoms with Gasteiger partial charge in [-0.15, -0.1) is 0 Å². The summed E-state index contributed by atoms with van der Waals surface area (Å²) in [6.07, 6.45) is 0.928. The Hall–Kier alpha value is -0.570. The van der Waals surface area contributed by atoms with Crippen LogP contribution in [0.5, 0.6) is 0 Å². The maximum atomic E-state index is 5.91. The molecule has 1 atom stereocenters. The number of rotatable bonds is 6. The summed E-state index contributed by atoms with van der Waals surface area (Å²) in [6.45, 7) is 4.10. The van der Waals surface area contributed by atoms with E-state index in [0.717, 1.165) is 24.7 Å². The van der Waals surface area contributed by atoms with E-state index < -0.39 is 0 Å². The molecule has 0 amide bonds. The summed E-state index contributed by atoms with van der Waals surface area (Å²) in [7, 11) is 0. The van der Waals surface area contributed by atoms with Crippen molar-refractivity contribution in [3.8, 4) is 0 Å². The molecule has 0 spiro atoms. The molecule has 1 unspecified atom stereocenters. The molecule has 1 aromatic rings. The minimum Gasteiger partial charge on any atom is -0.381 e. The van der Waals surface area contributed by atoms with Gasteiger partial charge in [-0.25, -0.2) is 0 Å². The van der Waals surface area contributed by atoms with Gasteiger partial charge in [0.1, 0.15) is 0 Å². The van der Waals surface area contributed by atoms with Crippen LogP contribution in [0, 0.1) is 5.92 Å². The van der Waals surface area contributed by atoms with Gasteiger partial charge in [0.2, 0.25) is 0 Å². The van der Waals surface area contributed by atoms with Crippen molar-refractivity contribution < 1.29 is 4.74 Å². The molecule has 2 nitrogen and oxygen atoms in total. The Morgan fingerprint density at radius 2 is 2.27 bits per heavy atom. The molecular formula is C12H18ClNO. The average Bonchev–Trinajstić information content (AvgIpc) is 2.24. The predicted octanol–water partition coefficient (Wildman–Crippen LogP) is 2.49. The van der Waals surface area contributed by atoms with Crippen LogP contribution in [0.2, 0.25) is 5.02 Å². The Balaban J connectivity index is 2.50. The second-order valence-electron chi connectivity index (χ2n) is 3.60. The zero-order valence-corrected chi connectivity index (χ0v) is 9.83. The van der Waals surface area contributed by atoms with Crippen molar-refractivity contribution in [3.05, 3.63) is 34.9 Å². The molecule has 0 aliphatic carbocycles. The van der Waals surface area contributed by atoms with Crippen molar-refractivity contribution in [1.29, 1.82) is 0 Å². The molecule has 0 radical (unpaired) electrons. The van der Waals surface area contributed by atoms with Gasteiger partial charge in [-0.1, -0.05) is 23.7 Å². The largest absolute Gasteiger partial charge is 0.381 e. The minimum atomic E-state index is 0.378. The highest BCUT2D eigenvalue weighted by atomic mass is 35.5. The maximum Gasteiger partial charge on any atom is 0.0509 e. The molecule has 2 N–H and O–H groups in total. The highest BCUT2D eigenvalue weighted by Gasteiger charge is 2.07. The SMILES string of the molecule is CCOCC(CN)Cc1cccc(Cl)c1. The lowest BCUT2D eigenvalue weighted by molar-refractivity contribution is 0.113. The van der Waals surface area contributed by atoms with Crippen LogP contribution < -0.4 is 5.73 Å². The molecule has 0 aliphatic rings. The van der Waals surface area contributed by atoms with Crippen LogP contribution in [-0.2, 0) is 11.2 Å². The first-order valence-electron chi connectivity index (χ1n) is 5.28. The number of hydrogen-bond donors (Lipinski definition) is 1. The van der Waals surface area contributed by atoms with E-state index in [-0.39, 0.29) is 0 Å². The Labute approximate surface area is 96.4 Å². The second-order valence-corrected chi connectivity index (χ2v) is 4.03. The lowest BCUT2D eigenvalue weighted by atomic mass is 10.0. The smallest absolute Gasteiger partial charge is 0.0509 e. The maximum absolute atomic E-state index is 5.91. The fourth-order valence-electron chi connectivity index (χ4n) is 1.49. The van der Waals surface area contributed by atoms with E-state index in [4.69, 9.17) is 22.1 Å². The third-order valence-electron chi connectivity index (χ3n) is 2.30. The van der Waals surface area contributed by atoms with Crippen molar-refractivity contribution >= 4 is 11.6 Å². The molecule has 0 aromatic heterocycles. The number of nitrogens with two attached hydrogens (primary N) is 1. The molecular weight excluding hydrogens is 210 g/mol. The molecule has 84 valence electrons. The first-order chi connectivity index (χ1) is 7.26. The Morgan fingerprint density at radius 3 is 2.87 bits per heavy atom. The van der Waals surface area contributed by atoms with E-state index in [9.17, 15) is 0 Å². The molecule has 0 fully saturated rings. The van der Waals surface area contributed by atoms with Gasteiger partial charge in [-0.2, -0.15) is 0 Å². The van der Waals surface area contributed by atoms with E-state index in [1.54, 1.807) is 0 Å². The molecule has 1 rings (SSSR count). The van der Waals surface area contributed by atoms with E-state index in [2.05, 4.69) is 6.07 Å². The standard InChI is InChI=1S/C12H18ClNO/c1-2-15-9-11(8-14)6-10-4-3-5-12(13)7-10/h3-5,7,11H,2,6,8-9,14H2,1H3. The molecule has 0 aliphatic heterocycles. The predicted molar refractivity (Wildman–Crippen MR) is 64.2 cm³/mol. The number of benzene rings is 1. The number of halogens is 1. The first kappa shape index (κ1) is 12.5. The van der Waals surface area contributed by atoms with Crippen LogP contribution in [0.15, 0.2) is 24.3 Å². The summed E-state index contributed by atoms with van der Waals surface area (Å²) < 4.78 is 5.38. The van der Waals surface area contributed by atoms with Gasteiger partial charge < -0.3 is 10.5 Å². The van der Waals surface area contributed by atoms with Crippen LogP contribution in [0.1, 0.15) is 12.5 Å². The second kappa shape index (κ2) is 6.83. The third-order valence-corrected chi connectivity index (χ3v) is 2.54. The summed E-state index contributed by atoms with van der Waals surface area (Å²) in [5.74, 6) is 0.378. The molecule has 3 heteroatoms. The van der Waals surface area contributed by atoms with Crippen LogP contribution in [0.3, 0.4) is 0 Å². The third kappa shape index (κ3) is 4.65. The number of ether oxygens (including phenoxy) is 1. The summed E-state index contributed by atoms with van der Waals surface area (Å²) in [5.41, 5.74) is 6.91. The molecule has 0 bridgehead atoms. The van der Waals surface area contributed by atoms with Crippen LogP contribution in [0.4, 0.5) is 0 Å². The fraction of sp³-hybridized carbons (Fsp3) is 0.500. The van der Waals surface area contributed by atoms with Gasteiger partial charge in [0, 0.05) is 11.6 Å². The van der Waals surface area contributed by atoms with Crippen LogP contribution in [-0.4, -0.2) is 19.8 Å². The summed E-state index contributed by atoms with van der Waals surface area (Å²) in [5, 5.41) is 0.777. The van der Waals surface area contributed by atoms with Crippen molar-refractivity contribution in [2.45, 2.75) is 13.3 Å². The van der Waals surface area contributed by atoms with Crippen molar-refractivity contribution in [2.24, 2.45) is 11.7 Å². The van der Waals surface area contributed by atoms with Gasteiger partial charge in [-0.3, -0.25) is 0 Å². The minimum absolute atomic E-state index is 0.378. The topological polar surface area (TPSA) is 35.2 Å². The van der Waals surface area contributed by atoms with Crippen molar-refractivity contribution in [2.75, 3.05) is 19.8 Å². The Morgan fingerprint density at radius 1 is 1.47 bits per heavy atom. The fourth-order valence-corrected chi connectivity index (χ4v) is 1.70. The highest BCUT2D eigenvalue weighted by Crippen LogP contribution is 2.14. The highest BCUT2D eigenvalue weighted by molar-refractivity contribution is 6.30. The Kier molecular flexibility index (Phi) is 5.69. The normalized spacial score (nSPS) is 12.7. The van der Waals surface area contributed by atoms with E-state index >= 15 is 0 Å². The van der Waals surface area contributed by atoms with Crippen LogP contribution >= 0.6 is 11.6 Å². The van der Waals surface area contributed by atoms with Gasteiger partial charge in [-0.05, 0) is 43.5 Å². The van der Waals surface area contributed by atoms with Gasteiger partial charge in [0.15, 0.2) is 0 Å². The lowest BCUT2D eigenvalue weighted by Gasteiger charge is -2.14. The van der Waals surface area contributed by atoms with Gasteiger partial charge in [0.25, 0.3) is 0 Å². The first-order valence-corrected chi connectivity index (χ1v) is 5.66. The summed E-state index contributed by atoms with van der Waals surface area (Å²) in [4.78, 5) is 0. The molecule has 0 heterocycles. The zero-order chi connectivity index (χ0) is 11.1.